The molecule has 3 N–H and O–H groups in total. The fourth-order valence-electron chi connectivity index (χ4n) is 5.97. The molecule has 0 aliphatic rings. The van der Waals surface area contributed by atoms with Gasteiger partial charge < -0.3 is 20.1 Å². The highest BCUT2D eigenvalue weighted by molar-refractivity contribution is 5.94. The summed E-state index contributed by atoms with van der Waals surface area (Å²) >= 11 is 0. The lowest BCUT2D eigenvalue weighted by Crippen LogP contribution is -2.47. The van der Waals surface area contributed by atoms with E-state index in [2.05, 4.69) is 17.1 Å². The molecule has 0 bridgehead atoms. The van der Waals surface area contributed by atoms with Gasteiger partial charge in [0.25, 0.3) is 5.91 Å². The summed E-state index contributed by atoms with van der Waals surface area (Å²) < 4.78 is 0. The van der Waals surface area contributed by atoms with Gasteiger partial charge in [-0.15, -0.1) is 0 Å². The van der Waals surface area contributed by atoms with Crippen molar-refractivity contribution < 1.29 is 19.8 Å². The first kappa shape index (κ1) is 29.8. The van der Waals surface area contributed by atoms with E-state index in [0.29, 0.717) is 12.0 Å². The molecule has 5 rings (SSSR count). The number of rotatable bonds is 11. The molecule has 6 nitrogen and oxygen atoms in total. The molecular weight excluding hydrogens is 536 g/mol. The molecule has 1 aromatic heterocycles. The number of carbonyl (C=O) groups excluding carboxylic acids is 1. The van der Waals surface area contributed by atoms with Crippen LogP contribution in [0.3, 0.4) is 0 Å². The number of hydrogen-bond acceptors (Lipinski definition) is 3. The predicted molar refractivity (Wildman–Crippen MR) is 171 cm³/mol. The SMILES string of the molecule is Cc1cc(C)cc(C(=O)N(C)[C@H](Cc2ccc(-c3ccccc3)cc2)C(O)C[C@@H](Cc2c[nH]c3ccccc23)C(=O)O)c1. The van der Waals surface area contributed by atoms with Crippen LogP contribution in [0.1, 0.15) is 39.0 Å². The van der Waals surface area contributed by atoms with E-state index in [1.807, 2.05) is 105 Å². The summed E-state index contributed by atoms with van der Waals surface area (Å²) in [5.41, 5.74) is 7.48. The second-order valence-electron chi connectivity index (χ2n) is 11.5. The summed E-state index contributed by atoms with van der Waals surface area (Å²) in [4.78, 5) is 31.0. The van der Waals surface area contributed by atoms with Crippen LogP contribution in [0.2, 0.25) is 0 Å². The fourth-order valence-corrected chi connectivity index (χ4v) is 5.97. The minimum atomic E-state index is -1.07. The molecule has 1 unspecified atom stereocenters. The molecule has 6 heteroatoms. The molecule has 220 valence electrons. The van der Waals surface area contributed by atoms with Crippen LogP contribution >= 0.6 is 0 Å². The number of carbonyl (C=O) groups is 2. The summed E-state index contributed by atoms with van der Waals surface area (Å²) in [6.07, 6.45) is 1.42. The van der Waals surface area contributed by atoms with Gasteiger partial charge in [0, 0.05) is 29.7 Å². The van der Waals surface area contributed by atoms with Crippen molar-refractivity contribution in [2.75, 3.05) is 7.05 Å². The zero-order valence-corrected chi connectivity index (χ0v) is 24.8. The highest BCUT2D eigenvalue weighted by Gasteiger charge is 2.32. The van der Waals surface area contributed by atoms with E-state index in [4.69, 9.17) is 0 Å². The lowest BCUT2D eigenvalue weighted by atomic mass is 9.88. The van der Waals surface area contributed by atoms with Gasteiger partial charge in [-0.3, -0.25) is 9.59 Å². The molecule has 0 saturated carbocycles. The van der Waals surface area contributed by atoms with Gasteiger partial charge in [0.2, 0.25) is 0 Å². The zero-order valence-electron chi connectivity index (χ0n) is 24.8. The number of hydrogen-bond donors (Lipinski definition) is 3. The van der Waals surface area contributed by atoms with Crippen LogP contribution in [0.4, 0.5) is 0 Å². The molecule has 0 aliphatic carbocycles. The predicted octanol–water partition coefficient (Wildman–Crippen LogP) is 6.83. The summed E-state index contributed by atoms with van der Waals surface area (Å²) in [5, 5.41) is 22.8. The van der Waals surface area contributed by atoms with Gasteiger partial charge in [-0.1, -0.05) is 90.0 Å². The maximum absolute atomic E-state index is 13.7. The lowest BCUT2D eigenvalue weighted by molar-refractivity contribution is -0.143. The van der Waals surface area contributed by atoms with Crippen LogP contribution in [-0.4, -0.2) is 51.2 Å². The number of aryl methyl sites for hydroxylation is 2. The molecule has 4 aromatic carbocycles. The number of fused-ring (bicyclic) bond motifs is 1. The standard InChI is InChI=1S/C37H38N2O4/c1-24-17-25(2)19-29(18-24)36(41)39(3)34(20-26-13-15-28(16-14-26)27-9-5-4-6-10-27)35(40)22-30(37(42)43)21-31-23-38-33-12-8-7-11-32(31)33/h4-19,23,30,34-35,38,40H,20-22H2,1-3H3,(H,42,43)/t30-,34-,35?/m1/s1. The second kappa shape index (κ2) is 13.1. The third-order valence-corrected chi connectivity index (χ3v) is 8.25. The van der Waals surface area contributed by atoms with Gasteiger partial charge in [0.05, 0.1) is 18.1 Å². The Morgan fingerprint density at radius 1 is 0.814 bits per heavy atom. The monoisotopic (exact) mass is 574 g/mol. The number of nitrogens with zero attached hydrogens (tertiary/aromatic N) is 1. The summed E-state index contributed by atoms with van der Waals surface area (Å²) in [6, 6.07) is 31.0. The Balaban J connectivity index is 1.41. The first-order chi connectivity index (χ1) is 20.7. The highest BCUT2D eigenvalue weighted by atomic mass is 16.4. The molecule has 0 saturated heterocycles. The van der Waals surface area contributed by atoms with Crippen LogP contribution in [0.25, 0.3) is 22.0 Å². The molecule has 0 radical (unpaired) electrons. The summed E-state index contributed by atoms with van der Waals surface area (Å²) in [5.74, 6) is -2.01. The number of aliphatic carboxylic acids is 1. The van der Waals surface area contributed by atoms with E-state index in [1.165, 1.54) is 0 Å². The molecule has 0 aliphatic heterocycles. The van der Waals surface area contributed by atoms with Crippen LogP contribution < -0.4 is 0 Å². The average molecular weight is 575 g/mol. The maximum Gasteiger partial charge on any atom is 0.306 e. The van der Waals surface area contributed by atoms with Crippen LogP contribution in [0.5, 0.6) is 0 Å². The Morgan fingerprint density at radius 2 is 1.44 bits per heavy atom. The van der Waals surface area contributed by atoms with Crippen molar-refractivity contribution in [2.24, 2.45) is 5.92 Å². The average Bonchev–Trinajstić information content (AvgIpc) is 3.41. The van der Waals surface area contributed by atoms with Gasteiger partial charge in [-0.25, -0.2) is 0 Å². The van der Waals surface area contributed by atoms with Crippen LogP contribution in [0, 0.1) is 19.8 Å². The number of carboxylic acids is 1. The minimum Gasteiger partial charge on any atom is -0.481 e. The van der Waals surface area contributed by atoms with Crippen molar-refractivity contribution >= 4 is 22.8 Å². The number of para-hydroxylation sites is 1. The van der Waals surface area contributed by atoms with E-state index >= 15 is 0 Å². The molecule has 0 fully saturated rings. The van der Waals surface area contributed by atoms with Gasteiger partial charge in [0.1, 0.15) is 0 Å². The number of aromatic nitrogens is 1. The van der Waals surface area contributed by atoms with Crippen molar-refractivity contribution in [3.05, 3.63) is 131 Å². The van der Waals surface area contributed by atoms with Crippen molar-refractivity contribution in [3.8, 4) is 11.1 Å². The third kappa shape index (κ3) is 7.04. The number of carboxylic acid groups (broad SMARTS) is 1. The van der Waals surface area contributed by atoms with Crippen molar-refractivity contribution in [1.82, 2.24) is 9.88 Å². The zero-order chi connectivity index (χ0) is 30.5. The molecule has 5 aromatic rings. The molecule has 43 heavy (non-hydrogen) atoms. The topological polar surface area (TPSA) is 93.6 Å². The molecule has 0 spiro atoms. The fraction of sp³-hybridized carbons (Fsp3) is 0.243. The molecule has 3 atom stereocenters. The van der Waals surface area contributed by atoms with E-state index in [0.717, 1.165) is 44.3 Å². The number of likely N-dealkylation sites (N-methyl/N-ethyl adjacent to an activating group) is 1. The Labute approximate surface area is 252 Å². The second-order valence-corrected chi connectivity index (χ2v) is 11.5. The largest absolute Gasteiger partial charge is 0.481 e. The van der Waals surface area contributed by atoms with Crippen LogP contribution in [0.15, 0.2) is 103 Å². The minimum absolute atomic E-state index is 0.00602. The number of benzene rings is 4. The number of aromatic amines is 1. The van der Waals surface area contributed by atoms with E-state index in [-0.39, 0.29) is 18.7 Å². The third-order valence-electron chi connectivity index (χ3n) is 8.25. The quantitative estimate of drug-likeness (QED) is 0.161. The number of aliphatic hydroxyl groups is 1. The lowest BCUT2D eigenvalue weighted by Gasteiger charge is -2.33. The number of aliphatic hydroxyl groups excluding tert-OH is 1. The molecule has 1 amide bonds. The number of amides is 1. The normalized spacial score (nSPS) is 13.4. The van der Waals surface area contributed by atoms with Crippen LogP contribution in [-0.2, 0) is 17.6 Å². The summed E-state index contributed by atoms with van der Waals surface area (Å²) in [6.45, 7) is 3.90. The van der Waals surface area contributed by atoms with Gasteiger partial charge in [-0.2, -0.15) is 0 Å². The maximum atomic E-state index is 13.7. The highest BCUT2D eigenvalue weighted by Crippen LogP contribution is 2.27. The Hall–Kier alpha value is -4.68. The first-order valence-corrected chi connectivity index (χ1v) is 14.6. The first-order valence-electron chi connectivity index (χ1n) is 14.6. The van der Waals surface area contributed by atoms with Gasteiger partial charge >= 0.3 is 5.97 Å². The molecule has 1 heterocycles. The Bertz CT molecular complexity index is 1690. The summed E-state index contributed by atoms with van der Waals surface area (Å²) in [7, 11) is 1.70. The van der Waals surface area contributed by atoms with Crippen molar-refractivity contribution in [2.45, 2.75) is 45.3 Å². The van der Waals surface area contributed by atoms with E-state index in [1.54, 1.807) is 11.9 Å². The Kier molecular flexibility index (Phi) is 9.07. The Morgan fingerprint density at radius 3 is 2.12 bits per heavy atom. The van der Waals surface area contributed by atoms with Gasteiger partial charge in [0.15, 0.2) is 0 Å². The van der Waals surface area contributed by atoms with E-state index in [9.17, 15) is 19.8 Å². The van der Waals surface area contributed by atoms with Crippen molar-refractivity contribution in [1.29, 1.82) is 0 Å². The number of nitrogens with one attached hydrogen (secondary N) is 1. The number of H-pyrrole nitrogens is 1. The smallest absolute Gasteiger partial charge is 0.306 e. The van der Waals surface area contributed by atoms with Gasteiger partial charge in [-0.05, 0) is 73.6 Å². The van der Waals surface area contributed by atoms with E-state index < -0.39 is 24.0 Å². The molecular formula is C37H38N2O4. The van der Waals surface area contributed by atoms with Crippen molar-refractivity contribution in [3.63, 3.8) is 0 Å².